The van der Waals surface area contributed by atoms with Crippen molar-refractivity contribution in [3.63, 3.8) is 0 Å². The number of hydrogen-bond acceptors (Lipinski definition) is 4. The van der Waals surface area contributed by atoms with E-state index in [4.69, 9.17) is 27.9 Å². The van der Waals surface area contributed by atoms with E-state index >= 15 is 0 Å². The number of halogens is 2. The average Bonchev–Trinajstić information content (AvgIpc) is 3.27. The molecule has 150 valence electrons. The van der Waals surface area contributed by atoms with Crippen LogP contribution in [0, 0.1) is 23.7 Å². The number of benzene rings is 1. The minimum absolute atomic E-state index is 0.133. The Morgan fingerprint density at radius 3 is 2.50 bits per heavy atom. The Morgan fingerprint density at radius 1 is 1.18 bits per heavy atom. The second-order valence-corrected chi connectivity index (χ2v) is 7.75. The minimum Gasteiger partial charge on any atom is -0.481 e. The van der Waals surface area contributed by atoms with Gasteiger partial charge in [0.2, 0.25) is 5.91 Å². The molecule has 1 saturated carbocycles. The zero-order chi connectivity index (χ0) is 20.4. The fourth-order valence-corrected chi connectivity index (χ4v) is 4.17. The molecule has 0 heterocycles. The van der Waals surface area contributed by atoms with Gasteiger partial charge in [0.25, 0.3) is 5.91 Å². The topological polar surface area (TPSA) is 105 Å². The number of carbonyl (C=O) groups is 3. The van der Waals surface area contributed by atoms with Crippen molar-refractivity contribution in [3.05, 3.63) is 40.4 Å². The minimum atomic E-state index is -1.01. The lowest BCUT2D eigenvalue weighted by Gasteiger charge is -2.24. The summed E-state index contributed by atoms with van der Waals surface area (Å²) < 4.78 is 5.62. The van der Waals surface area contributed by atoms with Gasteiger partial charge in [-0.05, 0) is 36.8 Å². The number of ether oxygens (including phenoxy) is 1. The van der Waals surface area contributed by atoms with Crippen LogP contribution in [0.2, 0.25) is 10.0 Å². The van der Waals surface area contributed by atoms with E-state index in [2.05, 4.69) is 10.9 Å². The van der Waals surface area contributed by atoms with Gasteiger partial charge in [-0.15, -0.1) is 0 Å². The van der Waals surface area contributed by atoms with Crippen molar-refractivity contribution in [1.29, 1.82) is 0 Å². The third-order valence-corrected chi connectivity index (χ3v) is 5.73. The van der Waals surface area contributed by atoms with Crippen LogP contribution in [0.4, 0.5) is 0 Å². The van der Waals surface area contributed by atoms with Crippen molar-refractivity contribution in [2.45, 2.75) is 25.9 Å². The molecule has 5 atom stereocenters. The lowest BCUT2D eigenvalue weighted by Crippen LogP contribution is -2.51. The third kappa shape index (κ3) is 4.10. The number of hydrazine groups is 1. The Kier molecular flexibility index (Phi) is 6.15. The van der Waals surface area contributed by atoms with E-state index in [1.165, 1.54) is 6.07 Å². The molecule has 0 aliphatic heterocycles. The van der Waals surface area contributed by atoms with Crippen LogP contribution in [0.1, 0.15) is 19.8 Å². The van der Waals surface area contributed by atoms with Crippen molar-refractivity contribution < 1.29 is 24.2 Å². The Morgan fingerprint density at radius 2 is 1.86 bits per heavy atom. The van der Waals surface area contributed by atoms with Gasteiger partial charge in [-0.2, -0.15) is 0 Å². The van der Waals surface area contributed by atoms with E-state index < -0.39 is 35.7 Å². The number of aliphatic carboxylic acids is 1. The molecular formula is C19H20Cl2N2O5. The lowest BCUT2D eigenvalue weighted by molar-refractivity contribution is -0.148. The number of rotatable bonds is 6. The van der Waals surface area contributed by atoms with Gasteiger partial charge in [0.05, 0.1) is 16.9 Å². The Hall–Kier alpha value is -2.25. The van der Waals surface area contributed by atoms with E-state index in [1.54, 1.807) is 19.1 Å². The quantitative estimate of drug-likeness (QED) is 0.479. The van der Waals surface area contributed by atoms with Crippen LogP contribution >= 0.6 is 23.2 Å². The Bertz CT molecular complexity index is 829. The van der Waals surface area contributed by atoms with Gasteiger partial charge >= 0.3 is 5.97 Å². The maximum atomic E-state index is 12.5. The van der Waals surface area contributed by atoms with Crippen LogP contribution in [-0.2, 0) is 14.4 Å². The van der Waals surface area contributed by atoms with Gasteiger partial charge in [-0.1, -0.05) is 42.3 Å². The Labute approximate surface area is 172 Å². The summed E-state index contributed by atoms with van der Waals surface area (Å²) in [7, 11) is 0. The molecule has 1 aromatic rings. The van der Waals surface area contributed by atoms with E-state index in [1.807, 2.05) is 12.2 Å². The number of hydrogen-bond donors (Lipinski definition) is 3. The fourth-order valence-electron chi connectivity index (χ4n) is 3.85. The maximum absolute atomic E-state index is 12.5. The van der Waals surface area contributed by atoms with E-state index in [-0.39, 0.29) is 17.6 Å². The molecule has 2 bridgehead atoms. The number of carbonyl (C=O) groups excluding carboxylic acids is 2. The zero-order valence-corrected chi connectivity index (χ0v) is 16.5. The standard InChI is InChI=1S/C19H20Cl2N2O5/c1-2-13(28-14-8-11(20)5-6-12(14)21)17(24)22-23-18(25)15-9-3-4-10(7-9)16(15)19(26)27/h3-6,8-10,13,15-16H,2,7H2,1H3,(H,22,24)(H,23,25)(H,26,27)/t9-,10-,13-,15-,16+/m0/s1. The molecule has 1 aromatic carbocycles. The van der Waals surface area contributed by atoms with Gasteiger partial charge in [-0.3, -0.25) is 25.2 Å². The molecule has 3 N–H and O–H groups in total. The number of amides is 2. The van der Waals surface area contributed by atoms with Crippen LogP contribution in [0.25, 0.3) is 0 Å². The SMILES string of the molecule is CC[C@H](Oc1cc(Cl)ccc1Cl)C(=O)NNC(=O)[C@@H]1[C@H](C(=O)O)[C@H]2C=C[C@H]1C2. The van der Waals surface area contributed by atoms with E-state index in [9.17, 15) is 19.5 Å². The highest BCUT2D eigenvalue weighted by atomic mass is 35.5. The van der Waals surface area contributed by atoms with Crippen LogP contribution in [0.3, 0.4) is 0 Å². The summed E-state index contributed by atoms with van der Waals surface area (Å²) in [6, 6.07) is 4.65. The van der Waals surface area contributed by atoms with Crippen molar-refractivity contribution in [2.75, 3.05) is 0 Å². The Balaban J connectivity index is 1.60. The van der Waals surface area contributed by atoms with Gasteiger partial charge in [-0.25, -0.2) is 0 Å². The monoisotopic (exact) mass is 426 g/mol. The number of carboxylic acids is 1. The number of fused-ring (bicyclic) bond motifs is 2. The molecule has 2 aliphatic rings. The molecule has 2 amide bonds. The molecule has 7 nitrogen and oxygen atoms in total. The number of allylic oxidation sites excluding steroid dienone is 2. The van der Waals surface area contributed by atoms with Gasteiger partial charge in [0.1, 0.15) is 5.75 Å². The molecule has 2 aliphatic carbocycles. The predicted molar refractivity (Wildman–Crippen MR) is 103 cm³/mol. The van der Waals surface area contributed by atoms with Crippen LogP contribution in [-0.4, -0.2) is 29.0 Å². The summed E-state index contributed by atoms with van der Waals surface area (Å²) in [5.41, 5.74) is 4.67. The molecule has 0 radical (unpaired) electrons. The summed E-state index contributed by atoms with van der Waals surface area (Å²) in [5.74, 6) is -3.62. The number of carboxylic acid groups (broad SMARTS) is 1. The summed E-state index contributed by atoms with van der Waals surface area (Å²) in [6.07, 6.45) is 3.76. The van der Waals surface area contributed by atoms with Gasteiger partial charge in [0.15, 0.2) is 6.10 Å². The number of nitrogens with one attached hydrogen (secondary N) is 2. The lowest BCUT2D eigenvalue weighted by atomic mass is 9.82. The smallest absolute Gasteiger partial charge is 0.307 e. The maximum Gasteiger partial charge on any atom is 0.307 e. The highest BCUT2D eigenvalue weighted by Gasteiger charge is 2.51. The second-order valence-electron chi connectivity index (χ2n) is 6.91. The highest BCUT2D eigenvalue weighted by Crippen LogP contribution is 2.48. The first kappa shape index (κ1) is 20.5. The molecule has 0 saturated heterocycles. The predicted octanol–water partition coefficient (Wildman–Crippen LogP) is 2.82. The summed E-state index contributed by atoms with van der Waals surface area (Å²) in [4.78, 5) is 36.4. The van der Waals surface area contributed by atoms with Gasteiger partial charge in [0, 0.05) is 11.1 Å². The van der Waals surface area contributed by atoms with Crippen molar-refractivity contribution in [1.82, 2.24) is 10.9 Å². The highest BCUT2D eigenvalue weighted by molar-refractivity contribution is 6.34. The largest absolute Gasteiger partial charge is 0.481 e. The fraction of sp³-hybridized carbons (Fsp3) is 0.421. The zero-order valence-electron chi connectivity index (χ0n) is 15.0. The average molecular weight is 427 g/mol. The first-order valence-corrected chi connectivity index (χ1v) is 9.70. The molecule has 3 rings (SSSR count). The molecule has 0 spiro atoms. The summed E-state index contributed by atoms with van der Waals surface area (Å²) in [6.45, 7) is 1.74. The van der Waals surface area contributed by atoms with Gasteiger partial charge < -0.3 is 9.84 Å². The normalized spacial score (nSPS) is 26.0. The first-order chi connectivity index (χ1) is 13.3. The van der Waals surface area contributed by atoms with E-state index in [0.29, 0.717) is 22.9 Å². The van der Waals surface area contributed by atoms with E-state index in [0.717, 1.165) is 0 Å². The van der Waals surface area contributed by atoms with Crippen LogP contribution < -0.4 is 15.6 Å². The molecule has 9 heteroatoms. The van der Waals surface area contributed by atoms with Crippen LogP contribution in [0.5, 0.6) is 5.75 Å². The third-order valence-electron chi connectivity index (χ3n) is 5.18. The summed E-state index contributed by atoms with van der Waals surface area (Å²) in [5, 5.41) is 10.1. The molecule has 28 heavy (non-hydrogen) atoms. The van der Waals surface area contributed by atoms with Crippen molar-refractivity contribution >= 4 is 41.0 Å². The molecular weight excluding hydrogens is 407 g/mol. The second kappa shape index (κ2) is 8.41. The van der Waals surface area contributed by atoms with Crippen molar-refractivity contribution in [2.24, 2.45) is 23.7 Å². The first-order valence-electron chi connectivity index (χ1n) is 8.94. The molecule has 0 aromatic heterocycles. The molecule has 1 fully saturated rings. The van der Waals surface area contributed by atoms with Crippen molar-refractivity contribution in [3.8, 4) is 5.75 Å². The van der Waals surface area contributed by atoms with Crippen LogP contribution in [0.15, 0.2) is 30.4 Å². The molecule has 0 unspecified atom stereocenters. The summed E-state index contributed by atoms with van der Waals surface area (Å²) >= 11 is 12.0.